The fraction of sp³-hybridized carbons (Fsp3) is 0.600. The van der Waals surface area contributed by atoms with E-state index in [9.17, 15) is 9.59 Å². The van der Waals surface area contributed by atoms with E-state index < -0.39 is 0 Å². The van der Waals surface area contributed by atoms with Crippen LogP contribution in [0, 0.1) is 5.92 Å². The van der Waals surface area contributed by atoms with Crippen LogP contribution in [0.5, 0.6) is 0 Å². The molecule has 0 radical (unpaired) electrons. The lowest BCUT2D eigenvalue weighted by Gasteiger charge is -2.32. The molecule has 0 unspecified atom stereocenters. The minimum Gasteiger partial charge on any atom is -0.459 e. The van der Waals surface area contributed by atoms with Crippen molar-refractivity contribution >= 4 is 11.8 Å². The van der Waals surface area contributed by atoms with Crippen LogP contribution in [0.4, 0.5) is 0 Å². The molecule has 114 valence electrons. The maximum absolute atomic E-state index is 12.1. The van der Waals surface area contributed by atoms with E-state index in [4.69, 9.17) is 9.15 Å². The first-order chi connectivity index (χ1) is 10.2. The number of carbonyl (C=O) groups excluding carboxylic acids is 2. The van der Waals surface area contributed by atoms with Crippen LogP contribution in [-0.2, 0) is 9.53 Å². The third-order valence-corrected chi connectivity index (χ3v) is 4.16. The molecule has 2 saturated heterocycles. The van der Waals surface area contributed by atoms with Crippen molar-refractivity contribution in [2.45, 2.75) is 25.3 Å². The minimum absolute atomic E-state index is 0.00668. The van der Waals surface area contributed by atoms with Crippen molar-refractivity contribution < 1.29 is 18.7 Å². The topological polar surface area (TPSA) is 71.8 Å². The molecule has 0 saturated carbocycles. The van der Waals surface area contributed by atoms with Gasteiger partial charge in [-0.2, -0.15) is 0 Å². The van der Waals surface area contributed by atoms with Gasteiger partial charge in [0.15, 0.2) is 5.76 Å². The number of piperidine rings is 1. The summed E-state index contributed by atoms with van der Waals surface area (Å²) in [4.78, 5) is 25.9. The molecule has 1 aromatic rings. The molecule has 1 atom stereocenters. The minimum atomic E-state index is -0.0750. The van der Waals surface area contributed by atoms with Crippen molar-refractivity contribution in [2.75, 3.05) is 26.3 Å². The number of amides is 2. The molecular formula is C15H20N2O4. The van der Waals surface area contributed by atoms with Crippen LogP contribution in [0.2, 0.25) is 0 Å². The Morgan fingerprint density at radius 1 is 1.24 bits per heavy atom. The molecule has 2 fully saturated rings. The van der Waals surface area contributed by atoms with E-state index in [1.165, 1.54) is 6.26 Å². The van der Waals surface area contributed by atoms with Crippen molar-refractivity contribution in [3.63, 3.8) is 0 Å². The van der Waals surface area contributed by atoms with E-state index in [2.05, 4.69) is 5.32 Å². The van der Waals surface area contributed by atoms with Gasteiger partial charge in [0, 0.05) is 25.7 Å². The predicted molar refractivity (Wildman–Crippen MR) is 74.7 cm³/mol. The van der Waals surface area contributed by atoms with Crippen LogP contribution in [0.1, 0.15) is 29.8 Å². The standard InChI is InChI=1S/C15H20N2O4/c18-14(11-5-9-20-10-11)16-12-3-6-17(7-4-12)15(19)13-2-1-8-21-13/h1-2,8,11-12H,3-7,9-10H2,(H,16,18)/t11-/m1/s1. The van der Waals surface area contributed by atoms with Gasteiger partial charge in [0.1, 0.15) is 0 Å². The molecule has 0 spiro atoms. The molecule has 2 aliphatic rings. The second kappa shape index (κ2) is 6.30. The molecule has 0 bridgehead atoms. The van der Waals surface area contributed by atoms with Crippen LogP contribution < -0.4 is 5.32 Å². The van der Waals surface area contributed by atoms with Crippen LogP contribution >= 0.6 is 0 Å². The van der Waals surface area contributed by atoms with Crippen LogP contribution in [0.15, 0.2) is 22.8 Å². The van der Waals surface area contributed by atoms with E-state index in [0.717, 1.165) is 19.3 Å². The van der Waals surface area contributed by atoms with Gasteiger partial charge in [0.05, 0.1) is 18.8 Å². The highest BCUT2D eigenvalue weighted by molar-refractivity contribution is 5.91. The largest absolute Gasteiger partial charge is 0.459 e. The molecule has 0 aliphatic carbocycles. The lowest BCUT2D eigenvalue weighted by Crippen LogP contribution is -2.47. The Labute approximate surface area is 123 Å². The SMILES string of the molecule is O=C(NC1CCN(C(=O)c2ccco2)CC1)[C@@H]1CCOC1. The number of rotatable bonds is 3. The van der Waals surface area contributed by atoms with E-state index in [1.54, 1.807) is 17.0 Å². The van der Waals surface area contributed by atoms with Crippen molar-refractivity contribution in [1.82, 2.24) is 10.2 Å². The summed E-state index contributed by atoms with van der Waals surface area (Å²) in [6, 6.07) is 3.54. The maximum Gasteiger partial charge on any atom is 0.289 e. The highest BCUT2D eigenvalue weighted by atomic mass is 16.5. The fourth-order valence-corrected chi connectivity index (χ4v) is 2.84. The Balaban J connectivity index is 1.46. The van der Waals surface area contributed by atoms with Crippen LogP contribution in [-0.4, -0.2) is 49.1 Å². The van der Waals surface area contributed by atoms with Gasteiger partial charge in [-0.05, 0) is 31.4 Å². The first kappa shape index (κ1) is 14.1. The second-order valence-electron chi connectivity index (χ2n) is 5.61. The zero-order valence-corrected chi connectivity index (χ0v) is 11.9. The summed E-state index contributed by atoms with van der Waals surface area (Å²) in [7, 11) is 0. The fourth-order valence-electron chi connectivity index (χ4n) is 2.84. The number of furan rings is 1. The molecule has 6 heteroatoms. The van der Waals surface area contributed by atoms with Crippen molar-refractivity contribution in [3.8, 4) is 0 Å². The average molecular weight is 292 g/mol. The summed E-state index contributed by atoms with van der Waals surface area (Å²) >= 11 is 0. The summed E-state index contributed by atoms with van der Waals surface area (Å²) in [5.74, 6) is 0.380. The number of hydrogen-bond acceptors (Lipinski definition) is 4. The summed E-state index contributed by atoms with van der Waals surface area (Å²) in [5.41, 5.74) is 0. The van der Waals surface area contributed by atoms with Gasteiger partial charge in [-0.25, -0.2) is 0 Å². The second-order valence-corrected chi connectivity index (χ2v) is 5.61. The molecule has 21 heavy (non-hydrogen) atoms. The zero-order chi connectivity index (χ0) is 14.7. The Kier molecular flexibility index (Phi) is 4.24. The predicted octanol–water partition coefficient (Wildman–Crippen LogP) is 1.04. The van der Waals surface area contributed by atoms with Gasteiger partial charge in [-0.15, -0.1) is 0 Å². The van der Waals surface area contributed by atoms with E-state index in [-0.39, 0.29) is 23.8 Å². The van der Waals surface area contributed by atoms with E-state index >= 15 is 0 Å². The zero-order valence-electron chi connectivity index (χ0n) is 11.9. The smallest absolute Gasteiger partial charge is 0.289 e. The quantitative estimate of drug-likeness (QED) is 0.903. The third-order valence-electron chi connectivity index (χ3n) is 4.16. The van der Waals surface area contributed by atoms with Gasteiger partial charge >= 0.3 is 0 Å². The summed E-state index contributed by atoms with van der Waals surface area (Å²) in [6.07, 6.45) is 3.88. The van der Waals surface area contributed by atoms with Crippen LogP contribution in [0.3, 0.4) is 0 Å². The first-order valence-electron chi connectivity index (χ1n) is 7.45. The highest BCUT2D eigenvalue weighted by Crippen LogP contribution is 2.17. The number of nitrogens with one attached hydrogen (secondary N) is 1. The summed E-state index contributed by atoms with van der Waals surface area (Å²) < 4.78 is 10.4. The Hall–Kier alpha value is -1.82. The average Bonchev–Trinajstić information content (AvgIpc) is 3.20. The van der Waals surface area contributed by atoms with Crippen molar-refractivity contribution in [1.29, 1.82) is 0 Å². The number of carbonyl (C=O) groups is 2. The number of nitrogens with zero attached hydrogens (tertiary/aromatic N) is 1. The molecule has 1 N–H and O–H groups in total. The summed E-state index contributed by atoms with van der Waals surface area (Å²) in [5, 5.41) is 3.07. The number of likely N-dealkylation sites (tertiary alicyclic amines) is 1. The molecular weight excluding hydrogens is 272 g/mol. The van der Waals surface area contributed by atoms with Gasteiger partial charge in [0.2, 0.25) is 5.91 Å². The molecule has 3 rings (SSSR count). The molecule has 2 aliphatic heterocycles. The van der Waals surface area contributed by atoms with Gasteiger partial charge in [-0.1, -0.05) is 0 Å². The van der Waals surface area contributed by atoms with Crippen molar-refractivity contribution in [2.24, 2.45) is 5.92 Å². The third kappa shape index (κ3) is 3.26. The normalized spacial score (nSPS) is 23.2. The number of hydrogen-bond donors (Lipinski definition) is 1. The maximum atomic E-state index is 12.1. The molecule has 3 heterocycles. The van der Waals surface area contributed by atoms with E-state index in [0.29, 0.717) is 32.1 Å². The van der Waals surface area contributed by atoms with Gasteiger partial charge in [-0.3, -0.25) is 9.59 Å². The molecule has 0 aromatic carbocycles. The monoisotopic (exact) mass is 292 g/mol. The Morgan fingerprint density at radius 2 is 2.05 bits per heavy atom. The van der Waals surface area contributed by atoms with Crippen molar-refractivity contribution in [3.05, 3.63) is 24.2 Å². The number of ether oxygens (including phenoxy) is 1. The Morgan fingerprint density at radius 3 is 2.67 bits per heavy atom. The molecule has 1 aromatic heterocycles. The van der Waals surface area contributed by atoms with E-state index in [1.807, 2.05) is 0 Å². The molecule has 6 nitrogen and oxygen atoms in total. The molecule has 2 amide bonds. The first-order valence-corrected chi connectivity index (χ1v) is 7.45. The lowest BCUT2D eigenvalue weighted by molar-refractivity contribution is -0.125. The lowest BCUT2D eigenvalue weighted by atomic mass is 10.0. The summed E-state index contributed by atoms with van der Waals surface area (Å²) in [6.45, 7) is 2.49. The Bertz CT molecular complexity index is 486. The van der Waals surface area contributed by atoms with Gasteiger partial charge in [0.25, 0.3) is 5.91 Å². The van der Waals surface area contributed by atoms with Crippen LogP contribution in [0.25, 0.3) is 0 Å². The highest BCUT2D eigenvalue weighted by Gasteiger charge is 2.29. The van der Waals surface area contributed by atoms with Gasteiger partial charge < -0.3 is 19.4 Å².